The highest BCUT2D eigenvalue weighted by Crippen LogP contribution is 2.25. The first-order valence-electron chi connectivity index (χ1n) is 9.72. The molecular weight excluding hydrogens is 352 g/mol. The molecule has 7 nitrogen and oxygen atoms in total. The maximum Gasteiger partial charge on any atom is 0.274 e. The Labute approximate surface area is 165 Å². The van der Waals surface area contributed by atoms with Gasteiger partial charge < -0.3 is 5.32 Å². The molecule has 7 heteroatoms. The van der Waals surface area contributed by atoms with E-state index in [1.165, 1.54) is 0 Å². The van der Waals surface area contributed by atoms with E-state index < -0.39 is 0 Å². The van der Waals surface area contributed by atoms with E-state index in [-0.39, 0.29) is 11.9 Å². The lowest BCUT2D eigenvalue weighted by atomic mass is 10.0. The Kier molecular flexibility index (Phi) is 5.63. The zero-order valence-corrected chi connectivity index (χ0v) is 17.4. The molecule has 1 aromatic carbocycles. The Bertz CT molecular complexity index is 1000. The van der Waals surface area contributed by atoms with Gasteiger partial charge in [0, 0.05) is 17.8 Å². The third kappa shape index (κ3) is 3.44. The van der Waals surface area contributed by atoms with Crippen LogP contribution in [-0.2, 0) is 6.54 Å². The van der Waals surface area contributed by atoms with Crippen LogP contribution in [0.25, 0.3) is 5.69 Å². The van der Waals surface area contributed by atoms with Crippen LogP contribution in [0.5, 0.6) is 0 Å². The SMILES string of the molecule is CCC(NC(=O)c1nnn(-c2ccccc2C)c1C)c1c(C)nn(CC)c1C. The van der Waals surface area contributed by atoms with Gasteiger partial charge in [-0.05, 0) is 52.7 Å². The molecule has 148 valence electrons. The zero-order chi connectivity index (χ0) is 20.4. The molecule has 3 aromatic rings. The molecule has 0 spiro atoms. The minimum Gasteiger partial charge on any atom is -0.344 e. The van der Waals surface area contributed by atoms with Crippen LogP contribution in [0.4, 0.5) is 0 Å². The molecule has 0 saturated carbocycles. The van der Waals surface area contributed by atoms with E-state index >= 15 is 0 Å². The first-order chi connectivity index (χ1) is 13.4. The molecule has 0 aliphatic heterocycles. The number of hydrogen-bond donors (Lipinski definition) is 1. The number of hydrogen-bond acceptors (Lipinski definition) is 4. The summed E-state index contributed by atoms with van der Waals surface area (Å²) < 4.78 is 3.69. The second-order valence-electron chi connectivity index (χ2n) is 7.06. The van der Waals surface area contributed by atoms with Gasteiger partial charge in [-0.15, -0.1) is 5.10 Å². The molecule has 3 rings (SSSR count). The van der Waals surface area contributed by atoms with E-state index in [2.05, 4.69) is 34.6 Å². The number of aryl methyl sites for hydroxylation is 3. The van der Waals surface area contributed by atoms with Crippen LogP contribution in [0.15, 0.2) is 24.3 Å². The fraction of sp³-hybridized carbons (Fsp3) is 0.429. The highest BCUT2D eigenvalue weighted by atomic mass is 16.2. The molecule has 2 heterocycles. The van der Waals surface area contributed by atoms with Gasteiger partial charge in [0.15, 0.2) is 5.69 Å². The molecule has 1 amide bonds. The largest absolute Gasteiger partial charge is 0.344 e. The number of carbonyl (C=O) groups is 1. The number of para-hydroxylation sites is 1. The Morgan fingerprint density at radius 3 is 2.43 bits per heavy atom. The molecule has 1 N–H and O–H groups in total. The number of nitrogens with zero attached hydrogens (tertiary/aromatic N) is 5. The molecule has 28 heavy (non-hydrogen) atoms. The average Bonchev–Trinajstić information content (AvgIpc) is 3.19. The van der Waals surface area contributed by atoms with Crippen LogP contribution >= 0.6 is 0 Å². The molecular formula is C21H28N6O. The highest BCUT2D eigenvalue weighted by molar-refractivity contribution is 5.93. The van der Waals surface area contributed by atoms with Crippen LogP contribution < -0.4 is 5.32 Å². The highest BCUT2D eigenvalue weighted by Gasteiger charge is 2.24. The van der Waals surface area contributed by atoms with E-state index in [0.29, 0.717) is 5.69 Å². The summed E-state index contributed by atoms with van der Waals surface area (Å²) in [5.74, 6) is -0.216. The van der Waals surface area contributed by atoms with Gasteiger partial charge in [-0.1, -0.05) is 30.3 Å². The average molecular weight is 380 g/mol. The van der Waals surface area contributed by atoms with Gasteiger partial charge in [0.2, 0.25) is 0 Å². The third-order valence-corrected chi connectivity index (χ3v) is 5.25. The maximum absolute atomic E-state index is 13.0. The number of rotatable bonds is 6. The number of carbonyl (C=O) groups excluding carboxylic acids is 1. The van der Waals surface area contributed by atoms with Crippen LogP contribution in [0, 0.1) is 27.7 Å². The molecule has 0 saturated heterocycles. The summed E-state index contributed by atoms with van der Waals surface area (Å²) in [7, 11) is 0. The molecule has 0 fully saturated rings. The molecule has 2 aromatic heterocycles. The lowest BCUT2D eigenvalue weighted by Gasteiger charge is -2.17. The lowest BCUT2D eigenvalue weighted by molar-refractivity contribution is 0.0929. The summed E-state index contributed by atoms with van der Waals surface area (Å²) in [6, 6.07) is 7.80. The van der Waals surface area contributed by atoms with Gasteiger partial charge in [-0.3, -0.25) is 9.48 Å². The monoisotopic (exact) mass is 380 g/mol. The smallest absolute Gasteiger partial charge is 0.274 e. The van der Waals surface area contributed by atoms with Crippen molar-refractivity contribution in [1.29, 1.82) is 0 Å². The molecule has 0 aliphatic carbocycles. The van der Waals surface area contributed by atoms with Crippen LogP contribution in [0.3, 0.4) is 0 Å². The van der Waals surface area contributed by atoms with Gasteiger partial charge in [-0.25, -0.2) is 4.68 Å². The summed E-state index contributed by atoms with van der Waals surface area (Å²) in [6.45, 7) is 12.9. The van der Waals surface area contributed by atoms with Crippen molar-refractivity contribution in [3.63, 3.8) is 0 Å². The van der Waals surface area contributed by atoms with Crippen LogP contribution in [0.2, 0.25) is 0 Å². The summed E-state index contributed by atoms with van der Waals surface area (Å²) in [5.41, 5.74) is 6.20. The zero-order valence-electron chi connectivity index (χ0n) is 17.4. The quantitative estimate of drug-likeness (QED) is 0.709. The van der Waals surface area contributed by atoms with E-state index in [4.69, 9.17) is 0 Å². The van der Waals surface area contributed by atoms with E-state index in [9.17, 15) is 4.79 Å². The first-order valence-corrected chi connectivity index (χ1v) is 9.72. The number of amides is 1. The first kappa shape index (κ1) is 19.8. The number of benzene rings is 1. The second-order valence-corrected chi connectivity index (χ2v) is 7.06. The van der Waals surface area contributed by atoms with Crippen molar-refractivity contribution < 1.29 is 4.79 Å². The molecule has 0 radical (unpaired) electrons. The van der Waals surface area contributed by atoms with Gasteiger partial charge in [0.25, 0.3) is 5.91 Å². The Morgan fingerprint density at radius 1 is 1.11 bits per heavy atom. The topological polar surface area (TPSA) is 77.6 Å². The molecule has 1 unspecified atom stereocenters. The fourth-order valence-electron chi connectivity index (χ4n) is 3.70. The van der Waals surface area contributed by atoms with Crippen LogP contribution in [0.1, 0.15) is 65.0 Å². The van der Waals surface area contributed by atoms with Crippen molar-refractivity contribution in [1.82, 2.24) is 30.1 Å². The van der Waals surface area contributed by atoms with Crippen molar-refractivity contribution in [2.45, 2.75) is 60.5 Å². The maximum atomic E-state index is 13.0. The predicted molar refractivity (Wildman–Crippen MR) is 109 cm³/mol. The summed E-state index contributed by atoms with van der Waals surface area (Å²) in [6.07, 6.45) is 0.772. The van der Waals surface area contributed by atoms with Crippen molar-refractivity contribution in [3.8, 4) is 5.69 Å². The Hall–Kier alpha value is -2.96. The second kappa shape index (κ2) is 7.96. The van der Waals surface area contributed by atoms with E-state index in [1.54, 1.807) is 4.68 Å². The van der Waals surface area contributed by atoms with Gasteiger partial charge in [-0.2, -0.15) is 5.10 Å². The number of aromatic nitrogens is 5. The Balaban J connectivity index is 1.89. The lowest BCUT2D eigenvalue weighted by Crippen LogP contribution is -2.29. The van der Waals surface area contributed by atoms with Gasteiger partial charge in [0.05, 0.1) is 23.1 Å². The summed E-state index contributed by atoms with van der Waals surface area (Å²) in [4.78, 5) is 13.0. The molecule has 0 bridgehead atoms. The normalized spacial score (nSPS) is 12.2. The van der Waals surface area contributed by atoms with Crippen molar-refractivity contribution in [3.05, 3.63) is 58.2 Å². The fourth-order valence-corrected chi connectivity index (χ4v) is 3.70. The van der Waals surface area contributed by atoms with Gasteiger partial charge in [0.1, 0.15) is 0 Å². The Morgan fingerprint density at radius 2 is 1.82 bits per heavy atom. The van der Waals surface area contributed by atoms with E-state index in [0.717, 1.165) is 46.9 Å². The van der Waals surface area contributed by atoms with E-state index in [1.807, 2.05) is 56.6 Å². The predicted octanol–water partition coefficient (Wildman–Crippen LogP) is 3.60. The summed E-state index contributed by atoms with van der Waals surface area (Å²) in [5, 5.41) is 16.1. The number of nitrogens with one attached hydrogen (secondary N) is 1. The van der Waals surface area contributed by atoms with Crippen LogP contribution in [-0.4, -0.2) is 30.7 Å². The molecule has 0 aliphatic rings. The summed E-state index contributed by atoms with van der Waals surface area (Å²) >= 11 is 0. The standard InChI is InChI=1S/C21H28N6O/c1-7-17(19-14(4)24-26(8-2)15(19)5)22-21(28)20-16(6)27(25-23-20)18-12-10-9-11-13(18)3/h9-12,17H,7-8H2,1-6H3,(H,22,28). The van der Waals surface area contributed by atoms with Crippen molar-refractivity contribution >= 4 is 5.91 Å². The van der Waals surface area contributed by atoms with Crippen molar-refractivity contribution in [2.24, 2.45) is 0 Å². The minimum absolute atomic E-state index is 0.115. The third-order valence-electron chi connectivity index (χ3n) is 5.25. The van der Waals surface area contributed by atoms with Gasteiger partial charge >= 0.3 is 0 Å². The van der Waals surface area contributed by atoms with Crippen molar-refractivity contribution in [2.75, 3.05) is 0 Å². The minimum atomic E-state index is -0.216. The molecule has 1 atom stereocenters.